The fourth-order valence-corrected chi connectivity index (χ4v) is 3.22. The van der Waals surface area contributed by atoms with Gasteiger partial charge in [0.05, 0.1) is 12.2 Å². The molecule has 1 amide bonds. The van der Waals surface area contributed by atoms with Crippen LogP contribution in [0.15, 0.2) is 65.5 Å². The van der Waals surface area contributed by atoms with Gasteiger partial charge in [-0.1, -0.05) is 42.5 Å². The molecule has 0 fully saturated rings. The number of pyridine rings is 1. The molecule has 2 aromatic carbocycles. The molecule has 1 heterocycles. The summed E-state index contributed by atoms with van der Waals surface area (Å²) in [5.41, 5.74) is -2.09. The van der Waals surface area contributed by atoms with E-state index in [0.29, 0.717) is 12.5 Å². The highest BCUT2D eigenvalue weighted by molar-refractivity contribution is 5.95. The molecule has 0 atom stereocenters. The van der Waals surface area contributed by atoms with Crippen molar-refractivity contribution in [1.29, 1.82) is 5.26 Å². The standard InChI is InChI=1S/C23H16F5N3O2/c1-22(24,25)18-11-19(15-8-5-9-16(10-15)30-21(33)23(26,27)28)31(20(32)17(18)12-29)13-14-6-3-2-4-7-14/h2-11H,13H2,1H3,(H,30,33). The predicted molar refractivity (Wildman–Crippen MR) is 111 cm³/mol. The lowest BCUT2D eigenvalue weighted by atomic mass is 10.00. The maximum Gasteiger partial charge on any atom is 0.471 e. The molecule has 0 spiro atoms. The van der Waals surface area contributed by atoms with Gasteiger partial charge < -0.3 is 9.88 Å². The molecule has 0 aliphatic heterocycles. The van der Waals surface area contributed by atoms with Gasteiger partial charge in [0.1, 0.15) is 11.6 Å². The van der Waals surface area contributed by atoms with Crippen LogP contribution in [0.1, 0.15) is 23.6 Å². The molecule has 10 heteroatoms. The normalized spacial score (nSPS) is 11.7. The number of rotatable bonds is 5. The number of nitrogens with zero attached hydrogens (tertiary/aromatic N) is 2. The second kappa shape index (κ2) is 8.86. The summed E-state index contributed by atoms with van der Waals surface area (Å²) in [5, 5.41) is 11.1. The second-order valence-corrected chi connectivity index (χ2v) is 7.23. The third-order valence-corrected chi connectivity index (χ3v) is 4.74. The zero-order valence-corrected chi connectivity index (χ0v) is 17.1. The van der Waals surface area contributed by atoms with Gasteiger partial charge in [0.2, 0.25) is 0 Å². The number of nitriles is 1. The number of halogens is 5. The fraction of sp³-hybridized carbons (Fsp3) is 0.174. The van der Waals surface area contributed by atoms with E-state index in [-0.39, 0.29) is 23.5 Å². The molecule has 0 bridgehead atoms. The van der Waals surface area contributed by atoms with E-state index >= 15 is 0 Å². The molecule has 1 aromatic heterocycles. The van der Waals surface area contributed by atoms with Crippen molar-refractivity contribution in [1.82, 2.24) is 4.57 Å². The monoisotopic (exact) mass is 461 g/mol. The van der Waals surface area contributed by atoms with Gasteiger partial charge in [-0.05, 0) is 23.8 Å². The number of carbonyl (C=O) groups excluding carboxylic acids is 1. The van der Waals surface area contributed by atoms with Gasteiger partial charge in [0.15, 0.2) is 0 Å². The van der Waals surface area contributed by atoms with Crippen LogP contribution >= 0.6 is 0 Å². The third-order valence-electron chi connectivity index (χ3n) is 4.74. The van der Waals surface area contributed by atoms with E-state index in [1.807, 2.05) is 0 Å². The highest BCUT2D eigenvalue weighted by Gasteiger charge is 2.38. The largest absolute Gasteiger partial charge is 0.471 e. The van der Waals surface area contributed by atoms with E-state index in [1.165, 1.54) is 24.3 Å². The lowest BCUT2D eigenvalue weighted by Gasteiger charge is -2.20. The molecule has 3 rings (SSSR count). The summed E-state index contributed by atoms with van der Waals surface area (Å²) in [7, 11) is 0. The van der Waals surface area contributed by atoms with Crippen LogP contribution in [0.3, 0.4) is 0 Å². The number of aromatic nitrogens is 1. The number of benzene rings is 2. The van der Waals surface area contributed by atoms with Crippen molar-refractivity contribution >= 4 is 11.6 Å². The van der Waals surface area contributed by atoms with Crippen LogP contribution in [0.2, 0.25) is 0 Å². The van der Waals surface area contributed by atoms with Crippen molar-refractivity contribution in [2.45, 2.75) is 25.6 Å². The predicted octanol–water partition coefficient (Wildman–Crippen LogP) is 5.05. The first kappa shape index (κ1) is 23.7. The van der Waals surface area contributed by atoms with E-state index < -0.39 is 34.7 Å². The van der Waals surface area contributed by atoms with Gasteiger partial charge in [-0.15, -0.1) is 0 Å². The minimum absolute atomic E-state index is 0.0533. The van der Waals surface area contributed by atoms with Crippen LogP contribution < -0.4 is 10.9 Å². The first-order valence-electron chi connectivity index (χ1n) is 9.50. The summed E-state index contributed by atoms with van der Waals surface area (Å²) < 4.78 is 67.4. The van der Waals surface area contributed by atoms with Crippen LogP contribution in [-0.4, -0.2) is 16.7 Å². The fourth-order valence-electron chi connectivity index (χ4n) is 3.22. The summed E-state index contributed by atoms with van der Waals surface area (Å²) in [4.78, 5) is 24.3. The van der Waals surface area contributed by atoms with Crippen molar-refractivity contribution in [2.24, 2.45) is 0 Å². The molecule has 0 aliphatic rings. The Labute approximate surface area is 184 Å². The summed E-state index contributed by atoms with van der Waals surface area (Å²) in [5.74, 6) is -5.74. The summed E-state index contributed by atoms with van der Waals surface area (Å²) in [6, 6.07) is 16.0. The molecule has 0 unspecified atom stereocenters. The van der Waals surface area contributed by atoms with Crippen molar-refractivity contribution < 1.29 is 26.7 Å². The number of amides is 1. The molecule has 0 radical (unpaired) electrons. The molecular formula is C23H16F5N3O2. The molecule has 3 aromatic rings. The van der Waals surface area contributed by atoms with E-state index in [9.17, 15) is 36.8 Å². The summed E-state index contributed by atoms with van der Waals surface area (Å²) in [6.45, 7) is 0.451. The molecule has 33 heavy (non-hydrogen) atoms. The van der Waals surface area contributed by atoms with E-state index in [1.54, 1.807) is 35.6 Å². The van der Waals surface area contributed by atoms with Crippen molar-refractivity contribution in [2.75, 3.05) is 5.32 Å². The Balaban J connectivity index is 2.22. The van der Waals surface area contributed by atoms with Crippen LogP contribution in [-0.2, 0) is 17.3 Å². The maximum absolute atomic E-state index is 14.2. The van der Waals surface area contributed by atoms with E-state index in [0.717, 1.165) is 16.7 Å². The number of nitrogens with one attached hydrogen (secondary N) is 1. The van der Waals surface area contributed by atoms with Crippen molar-refractivity contribution in [3.63, 3.8) is 0 Å². The lowest BCUT2D eigenvalue weighted by molar-refractivity contribution is -0.167. The van der Waals surface area contributed by atoms with Crippen LogP contribution in [0.4, 0.5) is 27.6 Å². The zero-order chi connectivity index (χ0) is 24.4. The van der Waals surface area contributed by atoms with Gasteiger partial charge in [-0.25, -0.2) is 8.78 Å². The molecule has 0 saturated carbocycles. The smallest absolute Gasteiger partial charge is 0.318 e. The van der Waals surface area contributed by atoms with Gasteiger partial charge in [0.25, 0.3) is 11.5 Å². The zero-order valence-electron chi connectivity index (χ0n) is 17.1. The van der Waals surface area contributed by atoms with E-state index in [4.69, 9.17) is 0 Å². The molecule has 1 N–H and O–H groups in total. The maximum atomic E-state index is 14.2. The minimum atomic E-state index is -5.13. The van der Waals surface area contributed by atoms with E-state index in [2.05, 4.69) is 0 Å². The Morgan fingerprint density at radius 2 is 1.70 bits per heavy atom. The number of alkyl halides is 5. The number of carbonyl (C=O) groups is 1. The highest BCUT2D eigenvalue weighted by atomic mass is 19.4. The Morgan fingerprint density at radius 1 is 1.03 bits per heavy atom. The Kier molecular flexibility index (Phi) is 6.35. The Bertz CT molecular complexity index is 1290. The van der Waals surface area contributed by atoms with Crippen LogP contribution in [0.25, 0.3) is 11.3 Å². The highest BCUT2D eigenvalue weighted by Crippen LogP contribution is 2.33. The Morgan fingerprint density at radius 3 is 2.27 bits per heavy atom. The third kappa shape index (κ3) is 5.26. The first-order chi connectivity index (χ1) is 15.4. The first-order valence-corrected chi connectivity index (χ1v) is 9.50. The molecular weight excluding hydrogens is 445 g/mol. The number of hydrogen-bond donors (Lipinski definition) is 1. The van der Waals surface area contributed by atoms with Crippen molar-refractivity contribution in [3.05, 3.63) is 87.7 Å². The molecule has 0 saturated heterocycles. The molecule has 5 nitrogen and oxygen atoms in total. The Hall–Kier alpha value is -4.00. The van der Waals surface area contributed by atoms with Crippen molar-refractivity contribution in [3.8, 4) is 17.3 Å². The average Bonchev–Trinajstić information content (AvgIpc) is 2.74. The number of anilines is 1. The van der Waals surface area contributed by atoms with Gasteiger partial charge in [-0.3, -0.25) is 9.59 Å². The quantitative estimate of drug-likeness (QED) is 0.541. The number of hydrogen-bond acceptors (Lipinski definition) is 3. The molecule has 170 valence electrons. The summed E-state index contributed by atoms with van der Waals surface area (Å²) >= 11 is 0. The minimum Gasteiger partial charge on any atom is -0.318 e. The van der Waals surface area contributed by atoms with Crippen LogP contribution in [0.5, 0.6) is 0 Å². The summed E-state index contributed by atoms with van der Waals surface area (Å²) in [6.07, 6.45) is -5.13. The van der Waals surface area contributed by atoms with Gasteiger partial charge in [0, 0.05) is 23.7 Å². The topological polar surface area (TPSA) is 74.9 Å². The average molecular weight is 461 g/mol. The lowest BCUT2D eigenvalue weighted by Crippen LogP contribution is -2.30. The molecule has 0 aliphatic carbocycles. The SMILES string of the molecule is CC(F)(F)c1cc(-c2cccc(NC(=O)C(F)(F)F)c2)n(Cc2ccccc2)c(=O)c1C#N. The second-order valence-electron chi connectivity index (χ2n) is 7.23. The van der Waals surface area contributed by atoms with Crippen LogP contribution in [0, 0.1) is 11.3 Å². The van der Waals surface area contributed by atoms with Gasteiger partial charge in [-0.2, -0.15) is 18.4 Å². The van der Waals surface area contributed by atoms with Gasteiger partial charge >= 0.3 is 12.1 Å².